The maximum atomic E-state index is 13.0. The molecule has 0 spiro atoms. The molecule has 0 N–H and O–H groups in total. The van der Waals surface area contributed by atoms with Crippen molar-refractivity contribution < 1.29 is 32.6 Å². The summed E-state index contributed by atoms with van der Waals surface area (Å²) in [6.07, 6.45) is 4.50. The van der Waals surface area contributed by atoms with Gasteiger partial charge in [-0.2, -0.15) is 4.68 Å². The van der Waals surface area contributed by atoms with Crippen LogP contribution in [0, 0.1) is 0 Å². The molecule has 0 aliphatic rings. The largest absolute Gasteiger partial charge is 0.493 e. The second-order valence-electron chi connectivity index (χ2n) is 7.35. The van der Waals surface area contributed by atoms with Gasteiger partial charge in [-0.05, 0) is 42.8 Å². The lowest BCUT2D eigenvalue weighted by molar-refractivity contribution is -0.144. The topological polar surface area (TPSA) is 126 Å². The number of aromatic nitrogens is 2. The van der Waals surface area contributed by atoms with Crippen molar-refractivity contribution in [2.45, 2.75) is 26.4 Å². The van der Waals surface area contributed by atoms with Crippen LogP contribution in [-0.2, 0) is 27.4 Å². The van der Waals surface area contributed by atoms with E-state index in [9.17, 15) is 14.4 Å². The molecule has 12 heteroatoms. The van der Waals surface area contributed by atoms with Gasteiger partial charge in [0.05, 0.1) is 45.1 Å². The van der Waals surface area contributed by atoms with Gasteiger partial charge >= 0.3 is 11.7 Å². The average molecular weight is 520 g/mol. The Morgan fingerprint density at radius 2 is 2.00 bits per heavy atom. The summed E-state index contributed by atoms with van der Waals surface area (Å²) in [6.45, 7) is 1.74. The zero-order valence-electron chi connectivity index (χ0n) is 20.1. The number of rotatable bonds is 12. The Labute approximate surface area is 211 Å². The van der Waals surface area contributed by atoms with E-state index < -0.39 is 24.2 Å². The molecular formula is C24H26ClN3O8. The van der Waals surface area contributed by atoms with Crippen molar-refractivity contribution in [3.63, 3.8) is 0 Å². The van der Waals surface area contributed by atoms with Gasteiger partial charge in [-0.15, -0.1) is 5.10 Å². The van der Waals surface area contributed by atoms with E-state index in [1.165, 1.54) is 31.5 Å². The molecule has 0 unspecified atom stereocenters. The number of esters is 1. The lowest BCUT2D eigenvalue weighted by Crippen LogP contribution is -2.37. The highest BCUT2D eigenvalue weighted by molar-refractivity contribution is 6.34. The quantitative estimate of drug-likeness (QED) is 0.331. The molecule has 2 heterocycles. The van der Waals surface area contributed by atoms with Gasteiger partial charge < -0.3 is 27.9 Å². The molecule has 0 saturated heterocycles. The van der Waals surface area contributed by atoms with Crippen LogP contribution in [0.2, 0.25) is 5.02 Å². The summed E-state index contributed by atoms with van der Waals surface area (Å²) >= 11 is 6.36. The van der Waals surface area contributed by atoms with Gasteiger partial charge in [-0.3, -0.25) is 9.59 Å². The number of amides is 1. The van der Waals surface area contributed by atoms with Gasteiger partial charge in [-0.25, -0.2) is 4.79 Å². The number of methoxy groups -OCH3 is 2. The molecule has 0 aliphatic carbocycles. The number of halogens is 1. The third-order valence-electron chi connectivity index (χ3n) is 5.00. The van der Waals surface area contributed by atoms with E-state index in [1.54, 1.807) is 37.3 Å². The summed E-state index contributed by atoms with van der Waals surface area (Å²) in [5.74, 6) is -0.379. The monoisotopic (exact) mass is 519 g/mol. The lowest BCUT2D eigenvalue weighted by atomic mass is 10.2. The SMILES string of the molecule is CCOC(=O)CCN(Cc1ccco1)C(=O)Cn1nc(/C=C/c2ccc(OC)c(OC)c2Cl)oc1=O. The molecule has 192 valence electrons. The minimum atomic E-state index is -0.815. The molecule has 0 bridgehead atoms. The van der Waals surface area contributed by atoms with E-state index in [2.05, 4.69) is 5.10 Å². The first-order valence-corrected chi connectivity index (χ1v) is 11.4. The predicted octanol–water partition coefficient (Wildman–Crippen LogP) is 3.25. The highest BCUT2D eigenvalue weighted by atomic mass is 35.5. The molecule has 2 aromatic heterocycles. The maximum absolute atomic E-state index is 13.0. The summed E-state index contributed by atoms with van der Waals surface area (Å²) in [5.41, 5.74) is 0.575. The number of carbonyl (C=O) groups is 2. The zero-order chi connectivity index (χ0) is 26.1. The van der Waals surface area contributed by atoms with Crippen LogP contribution < -0.4 is 15.2 Å². The van der Waals surface area contributed by atoms with E-state index in [-0.39, 0.29) is 32.0 Å². The normalized spacial score (nSPS) is 11.0. The summed E-state index contributed by atoms with van der Waals surface area (Å²) in [4.78, 5) is 38.4. The molecule has 1 amide bonds. The van der Waals surface area contributed by atoms with Crippen LogP contribution in [0.25, 0.3) is 12.2 Å². The molecule has 0 radical (unpaired) electrons. The number of nitrogens with zero attached hydrogens (tertiary/aromatic N) is 3. The molecule has 3 aromatic rings. The number of ether oxygens (including phenoxy) is 3. The van der Waals surface area contributed by atoms with Crippen molar-refractivity contribution in [3.8, 4) is 11.5 Å². The Bertz CT molecular complexity index is 1260. The van der Waals surface area contributed by atoms with E-state index >= 15 is 0 Å². The number of hydrogen-bond acceptors (Lipinski definition) is 9. The van der Waals surface area contributed by atoms with Crippen molar-refractivity contribution in [2.24, 2.45) is 0 Å². The van der Waals surface area contributed by atoms with Gasteiger partial charge in [-0.1, -0.05) is 11.6 Å². The first-order valence-electron chi connectivity index (χ1n) is 11.0. The molecule has 3 rings (SSSR count). The second kappa shape index (κ2) is 12.6. The average Bonchev–Trinajstić information content (AvgIpc) is 3.50. The third-order valence-corrected chi connectivity index (χ3v) is 5.39. The Balaban J connectivity index is 1.74. The van der Waals surface area contributed by atoms with Crippen LogP contribution in [0.4, 0.5) is 0 Å². The Hall–Kier alpha value is -3.99. The van der Waals surface area contributed by atoms with Gasteiger partial charge in [0, 0.05) is 12.6 Å². The summed E-state index contributed by atoms with van der Waals surface area (Å²) < 4.78 is 26.8. The summed E-state index contributed by atoms with van der Waals surface area (Å²) in [5, 5.41) is 4.37. The standard InChI is InChI=1S/C24H26ClN3O8/c1-4-34-21(30)11-12-27(14-17-6-5-13-35-17)20(29)15-28-24(31)36-19(26-28)10-8-16-7-9-18(32-2)23(33-3)22(16)25/h5-10,13H,4,11-12,14-15H2,1-3H3/b10-8+. The van der Waals surface area contributed by atoms with Crippen LogP contribution in [0.3, 0.4) is 0 Å². The Morgan fingerprint density at radius 3 is 2.67 bits per heavy atom. The van der Waals surface area contributed by atoms with Crippen LogP contribution >= 0.6 is 11.6 Å². The fourth-order valence-electron chi connectivity index (χ4n) is 3.25. The fraction of sp³-hybridized carbons (Fsp3) is 0.333. The second-order valence-corrected chi connectivity index (χ2v) is 7.73. The molecule has 11 nitrogen and oxygen atoms in total. The van der Waals surface area contributed by atoms with Gasteiger partial charge in [0.2, 0.25) is 11.8 Å². The van der Waals surface area contributed by atoms with E-state index in [0.29, 0.717) is 27.8 Å². The highest BCUT2D eigenvalue weighted by Crippen LogP contribution is 2.37. The fourth-order valence-corrected chi connectivity index (χ4v) is 3.55. The number of benzene rings is 1. The molecule has 0 aliphatic heterocycles. The smallest absolute Gasteiger partial charge is 0.437 e. The first kappa shape index (κ1) is 26.6. The van der Waals surface area contributed by atoms with Gasteiger partial charge in [0.1, 0.15) is 12.3 Å². The molecule has 0 fully saturated rings. The number of furan rings is 1. The summed E-state index contributed by atoms with van der Waals surface area (Å²) in [6, 6.07) is 6.78. The van der Waals surface area contributed by atoms with Crippen molar-refractivity contribution in [3.05, 3.63) is 63.3 Å². The van der Waals surface area contributed by atoms with E-state index in [0.717, 1.165) is 4.68 Å². The van der Waals surface area contributed by atoms with Crippen molar-refractivity contribution >= 4 is 35.6 Å². The zero-order valence-corrected chi connectivity index (χ0v) is 20.8. The van der Waals surface area contributed by atoms with Crippen LogP contribution in [0.5, 0.6) is 11.5 Å². The van der Waals surface area contributed by atoms with E-state index in [4.69, 9.17) is 34.6 Å². The first-order chi connectivity index (χ1) is 17.4. The van der Waals surface area contributed by atoms with Crippen LogP contribution in [0.1, 0.15) is 30.6 Å². The maximum Gasteiger partial charge on any atom is 0.437 e. The molecule has 1 aromatic carbocycles. The third kappa shape index (κ3) is 6.79. The molecular weight excluding hydrogens is 494 g/mol. The minimum Gasteiger partial charge on any atom is -0.493 e. The molecule has 0 saturated carbocycles. The van der Waals surface area contributed by atoms with Crippen LogP contribution in [0.15, 0.2) is 44.2 Å². The molecule has 36 heavy (non-hydrogen) atoms. The van der Waals surface area contributed by atoms with Crippen LogP contribution in [-0.4, -0.2) is 53.9 Å². The van der Waals surface area contributed by atoms with E-state index in [1.807, 2.05) is 0 Å². The number of carbonyl (C=O) groups excluding carboxylic acids is 2. The Morgan fingerprint density at radius 1 is 1.19 bits per heavy atom. The van der Waals surface area contributed by atoms with Crippen molar-refractivity contribution in [1.29, 1.82) is 0 Å². The van der Waals surface area contributed by atoms with Gasteiger partial charge in [0.15, 0.2) is 11.5 Å². The number of hydrogen-bond donors (Lipinski definition) is 0. The lowest BCUT2D eigenvalue weighted by Gasteiger charge is -2.21. The minimum absolute atomic E-state index is 0.00588. The predicted molar refractivity (Wildman–Crippen MR) is 130 cm³/mol. The molecule has 0 atom stereocenters. The highest BCUT2D eigenvalue weighted by Gasteiger charge is 2.20. The van der Waals surface area contributed by atoms with Gasteiger partial charge in [0.25, 0.3) is 0 Å². The van der Waals surface area contributed by atoms with Crippen molar-refractivity contribution in [2.75, 3.05) is 27.4 Å². The van der Waals surface area contributed by atoms with Crippen molar-refractivity contribution in [1.82, 2.24) is 14.7 Å². The summed E-state index contributed by atoms with van der Waals surface area (Å²) in [7, 11) is 2.97. The Kier molecular flexibility index (Phi) is 9.34.